The van der Waals surface area contributed by atoms with Crippen LogP contribution in [0.3, 0.4) is 0 Å². The van der Waals surface area contributed by atoms with E-state index in [1.165, 1.54) is 6.92 Å². The minimum atomic E-state index is -5.08. The lowest BCUT2D eigenvalue weighted by atomic mass is 9.89. The number of nitrogens with one attached hydrogen (secondary N) is 2. The number of hydrogen-bond acceptors (Lipinski definition) is 5. The van der Waals surface area contributed by atoms with Gasteiger partial charge in [-0.25, -0.2) is 4.79 Å². The number of carbonyl (C=O) groups is 3. The summed E-state index contributed by atoms with van der Waals surface area (Å²) in [6.45, 7) is 7.06. The van der Waals surface area contributed by atoms with Crippen LogP contribution < -0.4 is 10.6 Å². The number of ether oxygens (including phenoxy) is 1. The van der Waals surface area contributed by atoms with Gasteiger partial charge in [0.1, 0.15) is 6.04 Å². The van der Waals surface area contributed by atoms with Crippen LogP contribution in [-0.4, -0.2) is 65.6 Å². The van der Waals surface area contributed by atoms with E-state index in [1.54, 1.807) is 13.2 Å². The van der Waals surface area contributed by atoms with Crippen LogP contribution in [0.1, 0.15) is 26.7 Å². The molecule has 1 saturated heterocycles. The molecular formula is C18H27F3N2O6. The van der Waals surface area contributed by atoms with E-state index in [2.05, 4.69) is 17.2 Å². The van der Waals surface area contributed by atoms with Crippen molar-refractivity contribution in [3.63, 3.8) is 0 Å². The largest absolute Gasteiger partial charge is 0.490 e. The van der Waals surface area contributed by atoms with Gasteiger partial charge in [-0.15, -0.1) is 6.58 Å². The molecule has 8 nitrogen and oxygen atoms in total. The van der Waals surface area contributed by atoms with E-state index in [9.17, 15) is 27.9 Å². The maximum absolute atomic E-state index is 11.6. The molecule has 0 radical (unpaired) electrons. The molecule has 0 unspecified atom stereocenters. The van der Waals surface area contributed by atoms with Crippen LogP contribution >= 0.6 is 0 Å². The van der Waals surface area contributed by atoms with Crippen molar-refractivity contribution in [1.29, 1.82) is 0 Å². The van der Waals surface area contributed by atoms with Crippen molar-refractivity contribution in [2.45, 2.75) is 57.1 Å². The van der Waals surface area contributed by atoms with Gasteiger partial charge in [-0.05, 0) is 25.7 Å². The molecule has 0 aromatic carbocycles. The number of halogens is 3. The van der Waals surface area contributed by atoms with Crippen molar-refractivity contribution in [2.75, 3.05) is 7.11 Å². The number of alkyl halides is 3. The van der Waals surface area contributed by atoms with Gasteiger partial charge in [0.15, 0.2) is 0 Å². The maximum Gasteiger partial charge on any atom is 0.490 e. The van der Waals surface area contributed by atoms with Gasteiger partial charge < -0.3 is 20.3 Å². The number of carbonyl (C=O) groups excluding carboxylic acids is 1. The number of amides is 1. The zero-order chi connectivity index (χ0) is 22.8. The molecular weight excluding hydrogens is 397 g/mol. The SMILES string of the molecule is C=CC[C@@H](OC)[C@H](NC(C)=O)[C@H]1N[C@@H](C(=O)O)C[C@H]1/C=C\C.O=C(O)C(F)(F)F. The molecule has 1 amide bonds. The first-order valence-corrected chi connectivity index (χ1v) is 8.71. The Morgan fingerprint density at radius 3 is 2.24 bits per heavy atom. The van der Waals surface area contributed by atoms with E-state index < -0.39 is 24.2 Å². The molecule has 0 aromatic rings. The van der Waals surface area contributed by atoms with Crippen molar-refractivity contribution < 1.29 is 42.5 Å². The second-order valence-corrected chi connectivity index (χ2v) is 6.34. The zero-order valence-electron chi connectivity index (χ0n) is 16.4. The third kappa shape index (κ3) is 9.09. The van der Waals surface area contributed by atoms with Crippen LogP contribution in [0.5, 0.6) is 0 Å². The predicted molar refractivity (Wildman–Crippen MR) is 98.2 cm³/mol. The minimum absolute atomic E-state index is 0.0189. The van der Waals surface area contributed by atoms with Crippen LogP contribution in [0.2, 0.25) is 0 Å². The highest BCUT2D eigenvalue weighted by Gasteiger charge is 2.43. The van der Waals surface area contributed by atoms with E-state index in [-0.39, 0.29) is 30.0 Å². The number of allylic oxidation sites excluding steroid dienone is 1. The summed E-state index contributed by atoms with van der Waals surface area (Å²) in [4.78, 5) is 31.7. The van der Waals surface area contributed by atoms with Gasteiger partial charge in [0.2, 0.25) is 5.91 Å². The van der Waals surface area contributed by atoms with Gasteiger partial charge >= 0.3 is 18.1 Å². The van der Waals surface area contributed by atoms with Crippen LogP contribution in [0.4, 0.5) is 13.2 Å². The number of rotatable bonds is 8. The topological polar surface area (TPSA) is 125 Å². The fourth-order valence-corrected chi connectivity index (χ4v) is 3.03. The lowest BCUT2D eigenvalue weighted by molar-refractivity contribution is -0.192. The molecule has 1 rings (SSSR count). The van der Waals surface area contributed by atoms with E-state index in [0.29, 0.717) is 12.8 Å². The lowest BCUT2D eigenvalue weighted by Gasteiger charge is -2.33. The van der Waals surface area contributed by atoms with Gasteiger partial charge in [-0.1, -0.05) is 18.2 Å². The molecule has 0 bridgehead atoms. The Morgan fingerprint density at radius 1 is 1.34 bits per heavy atom. The second-order valence-electron chi connectivity index (χ2n) is 6.34. The first-order chi connectivity index (χ1) is 13.4. The van der Waals surface area contributed by atoms with Crippen LogP contribution in [0, 0.1) is 5.92 Å². The molecule has 5 atom stereocenters. The minimum Gasteiger partial charge on any atom is -0.480 e. The zero-order valence-corrected chi connectivity index (χ0v) is 16.4. The van der Waals surface area contributed by atoms with Crippen LogP contribution in [0.25, 0.3) is 0 Å². The molecule has 0 spiro atoms. The number of aliphatic carboxylic acids is 2. The van der Waals surface area contributed by atoms with Crippen molar-refractivity contribution in [3.8, 4) is 0 Å². The molecule has 0 aromatic heterocycles. The van der Waals surface area contributed by atoms with Crippen LogP contribution in [-0.2, 0) is 19.1 Å². The summed E-state index contributed by atoms with van der Waals surface area (Å²) in [5.74, 6) is -3.79. The summed E-state index contributed by atoms with van der Waals surface area (Å²) in [7, 11) is 1.58. The highest BCUT2D eigenvalue weighted by Crippen LogP contribution is 2.27. The smallest absolute Gasteiger partial charge is 0.480 e. The van der Waals surface area contributed by atoms with E-state index in [1.807, 2.05) is 19.1 Å². The van der Waals surface area contributed by atoms with Gasteiger partial charge in [-0.3, -0.25) is 14.9 Å². The number of hydrogen-bond donors (Lipinski definition) is 4. The monoisotopic (exact) mass is 424 g/mol. The number of methoxy groups -OCH3 is 1. The Labute approximate surface area is 166 Å². The van der Waals surface area contributed by atoms with E-state index in [0.717, 1.165) is 0 Å². The van der Waals surface area contributed by atoms with Crippen LogP contribution in [0.15, 0.2) is 24.8 Å². The number of carboxylic acid groups (broad SMARTS) is 2. The van der Waals surface area contributed by atoms with Crippen molar-refractivity contribution >= 4 is 17.8 Å². The summed E-state index contributed by atoms with van der Waals surface area (Å²) in [6.07, 6.45) is 1.33. The third-order valence-electron chi connectivity index (χ3n) is 4.20. The lowest BCUT2D eigenvalue weighted by Crippen LogP contribution is -2.57. The summed E-state index contributed by atoms with van der Waals surface area (Å²) in [5.41, 5.74) is 0. The maximum atomic E-state index is 11.6. The van der Waals surface area contributed by atoms with Gasteiger partial charge in [0.05, 0.1) is 12.1 Å². The average molecular weight is 424 g/mol. The standard InChI is InChI=1S/C16H26N2O4.C2HF3O2/c1-5-7-11-9-12(16(20)21)18-14(11)15(17-10(3)19)13(22-4)8-6-2;3-2(4,5)1(6)7/h5-7,11-15,18H,2,8-9H2,1,3-4H3,(H,17,19)(H,20,21);(H,6,7)/b7-5-;/t11-,12-,13-,14+,15+;/m1./s1. The highest BCUT2D eigenvalue weighted by molar-refractivity contribution is 5.75. The molecule has 4 N–H and O–H groups in total. The quantitative estimate of drug-likeness (QED) is 0.437. The molecule has 29 heavy (non-hydrogen) atoms. The average Bonchev–Trinajstić information content (AvgIpc) is 3.02. The van der Waals surface area contributed by atoms with Gasteiger partial charge in [0.25, 0.3) is 0 Å². The fourth-order valence-electron chi connectivity index (χ4n) is 3.03. The first kappa shape index (κ1) is 26.6. The Balaban J connectivity index is 0.000000956. The van der Waals surface area contributed by atoms with Gasteiger partial charge in [0, 0.05) is 20.1 Å². The molecule has 1 aliphatic heterocycles. The Hall–Kier alpha value is -2.40. The first-order valence-electron chi connectivity index (χ1n) is 8.71. The van der Waals surface area contributed by atoms with Crippen molar-refractivity contribution in [3.05, 3.63) is 24.8 Å². The Bertz CT molecular complexity index is 609. The normalized spacial score (nSPS) is 23.6. The van der Waals surface area contributed by atoms with E-state index >= 15 is 0 Å². The summed E-state index contributed by atoms with van der Waals surface area (Å²) in [5, 5.41) is 22.4. The van der Waals surface area contributed by atoms with Crippen molar-refractivity contribution in [1.82, 2.24) is 10.6 Å². The molecule has 0 aliphatic carbocycles. The third-order valence-corrected chi connectivity index (χ3v) is 4.20. The van der Waals surface area contributed by atoms with Gasteiger partial charge in [-0.2, -0.15) is 13.2 Å². The predicted octanol–water partition coefficient (Wildman–Crippen LogP) is 1.72. The molecule has 1 heterocycles. The molecule has 1 aliphatic rings. The number of carboxylic acids is 2. The summed E-state index contributed by atoms with van der Waals surface area (Å²) in [6, 6.07) is -1.15. The fraction of sp³-hybridized carbons (Fsp3) is 0.611. The van der Waals surface area contributed by atoms with E-state index in [4.69, 9.17) is 14.6 Å². The Kier molecular flexibility index (Phi) is 11.2. The van der Waals surface area contributed by atoms with Crippen molar-refractivity contribution in [2.24, 2.45) is 5.92 Å². The second kappa shape index (κ2) is 12.2. The molecule has 0 saturated carbocycles. The summed E-state index contributed by atoms with van der Waals surface area (Å²) < 4.78 is 37.2. The highest BCUT2D eigenvalue weighted by atomic mass is 19.4. The molecule has 1 fully saturated rings. The summed E-state index contributed by atoms with van der Waals surface area (Å²) >= 11 is 0. The molecule has 11 heteroatoms. The molecule has 166 valence electrons. The Morgan fingerprint density at radius 2 is 1.90 bits per heavy atom.